The summed E-state index contributed by atoms with van der Waals surface area (Å²) in [6, 6.07) is 0. The van der Waals surface area contributed by atoms with Crippen LogP contribution in [-0.2, 0) is 0 Å². The summed E-state index contributed by atoms with van der Waals surface area (Å²) in [7, 11) is 0. The largest absolute Gasteiger partial charge is 0.415 e. The van der Waals surface area contributed by atoms with E-state index in [2.05, 4.69) is 15.0 Å². The number of nitrogens with two attached hydrogens (primary N) is 2. The Morgan fingerprint density at radius 2 is 1.92 bits per heavy atom. The van der Waals surface area contributed by atoms with E-state index in [-0.39, 0.29) is 11.9 Å². The molecule has 0 atom stereocenters. The van der Waals surface area contributed by atoms with Gasteiger partial charge in [-0.05, 0) is 0 Å². The average Bonchev–Trinajstić information content (AvgIpc) is 1.80. The van der Waals surface area contributed by atoms with E-state index >= 15 is 0 Å². The van der Waals surface area contributed by atoms with Crippen molar-refractivity contribution in [2.75, 3.05) is 11.5 Å². The van der Waals surface area contributed by atoms with Crippen LogP contribution in [0, 0.1) is 15.3 Å². The van der Waals surface area contributed by atoms with Gasteiger partial charge in [0.2, 0.25) is 0 Å². The number of aromatic amines is 2. The number of hydrogen-bond acceptors (Lipinski definition) is 7. The standard InChI is InChI=1S/C3H5N5O.NO3/c4-1-6-2(5)8-3(9)7-1;2-1(3)4/h(H5,4,5,6,7,8,9);/q;-1/p+1. The number of H-pyrrole nitrogens is 2. The second kappa shape index (κ2) is 4.48. The maximum atomic E-state index is 10.4. The molecule has 1 heterocycles. The number of nitrogen functional groups attached to an aromatic ring is 2. The van der Waals surface area contributed by atoms with Crippen LogP contribution in [0.5, 0.6) is 0 Å². The number of hydrogen-bond donors (Lipinski definition) is 3. The zero-order valence-electron chi connectivity index (χ0n) is 6.18. The van der Waals surface area contributed by atoms with Gasteiger partial charge in [-0.1, -0.05) is 4.98 Å². The zero-order valence-corrected chi connectivity index (χ0v) is 6.18. The van der Waals surface area contributed by atoms with Crippen molar-refractivity contribution in [3.63, 3.8) is 0 Å². The van der Waals surface area contributed by atoms with Crippen LogP contribution in [0.25, 0.3) is 0 Å². The molecule has 0 radical (unpaired) electrons. The lowest BCUT2D eigenvalue weighted by Gasteiger charge is -1.82. The van der Waals surface area contributed by atoms with E-state index < -0.39 is 10.8 Å². The smallest absolute Gasteiger partial charge is 0.356 e. The Labute approximate surface area is 70.3 Å². The molecule has 10 heteroatoms. The lowest BCUT2D eigenvalue weighted by molar-refractivity contribution is -0.402. The van der Waals surface area contributed by atoms with Crippen molar-refractivity contribution in [2.45, 2.75) is 0 Å². The minimum atomic E-state index is -1.75. The third kappa shape index (κ3) is 6.03. The van der Waals surface area contributed by atoms with Crippen molar-refractivity contribution in [1.29, 1.82) is 0 Å². The van der Waals surface area contributed by atoms with E-state index in [0.717, 1.165) is 0 Å². The molecule has 1 rings (SSSR count). The predicted molar refractivity (Wildman–Crippen MR) is 40.6 cm³/mol. The molecule has 0 unspecified atom stereocenters. The summed E-state index contributed by atoms with van der Waals surface area (Å²) >= 11 is 0. The third-order valence-electron chi connectivity index (χ3n) is 0.724. The van der Waals surface area contributed by atoms with E-state index in [1.165, 1.54) is 0 Å². The Balaban J connectivity index is 0.000000310. The normalized spacial score (nSPS) is 8.31. The van der Waals surface area contributed by atoms with Gasteiger partial charge < -0.3 is 26.8 Å². The van der Waals surface area contributed by atoms with E-state index in [4.69, 9.17) is 26.8 Å². The fraction of sp³-hybridized carbons (Fsp3) is 0. The molecule has 72 valence electrons. The molecule has 1 aromatic rings. The summed E-state index contributed by atoms with van der Waals surface area (Å²) < 4.78 is 0. The molecule has 10 nitrogen and oxygen atoms in total. The topological polar surface area (TPSA) is 178 Å². The first kappa shape index (κ1) is 10.6. The van der Waals surface area contributed by atoms with Crippen LogP contribution in [0.2, 0.25) is 0 Å². The van der Waals surface area contributed by atoms with Gasteiger partial charge in [-0.3, -0.25) is 0 Å². The predicted octanol–water partition coefficient (Wildman–Crippen LogP) is -2.49. The summed E-state index contributed by atoms with van der Waals surface area (Å²) in [5.41, 5.74) is 9.73. The van der Waals surface area contributed by atoms with Gasteiger partial charge in [0.25, 0.3) is 0 Å². The number of aromatic nitrogens is 3. The SMILES string of the molecule is Nc1nc(N)[nH+]c(=O)[nH]1.O=[N+]([O-])[O-]. The summed E-state index contributed by atoms with van der Waals surface area (Å²) in [5.74, 6) is 0.0208. The Hall–Kier alpha value is -2.39. The molecule has 0 fully saturated rings. The van der Waals surface area contributed by atoms with Crippen LogP contribution >= 0.6 is 0 Å². The minimum absolute atomic E-state index is 0.0104. The van der Waals surface area contributed by atoms with Gasteiger partial charge in [0.1, 0.15) is 0 Å². The number of nitrogens with one attached hydrogen (secondary N) is 2. The number of rotatable bonds is 0. The van der Waals surface area contributed by atoms with Gasteiger partial charge in [0.05, 0.1) is 5.09 Å². The third-order valence-corrected chi connectivity index (χ3v) is 0.724. The van der Waals surface area contributed by atoms with Gasteiger partial charge in [0, 0.05) is 0 Å². The van der Waals surface area contributed by atoms with Crippen molar-refractivity contribution >= 4 is 11.9 Å². The molecule has 0 aromatic carbocycles. The molecular formula is C3H6N6O4. The maximum Gasteiger partial charge on any atom is 0.415 e. The van der Waals surface area contributed by atoms with Gasteiger partial charge in [-0.25, -0.2) is 14.8 Å². The summed E-state index contributed by atoms with van der Waals surface area (Å²) in [5, 5.41) is 14.8. The van der Waals surface area contributed by atoms with Gasteiger partial charge in [-0.15, -0.1) is 0 Å². The molecule has 0 aliphatic carbocycles. The highest BCUT2D eigenvalue weighted by Crippen LogP contribution is 1.81. The summed E-state index contributed by atoms with van der Waals surface area (Å²) in [6.45, 7) is 0. The molecule has 1 aromatic heterocycles. The number of anilines is 2. The fourth-order valence-corrected chi connectivity index (χ4v) is 0.450. The fourth-order valence-electron chi connectivity index (χ4n) is 0.450. The average molecular weight is 190 g/mol. The first-order valence-corrected chi connectivity index (χ1v) is 2.78. The monoisotopic (exact) mass is 190 g/mol. The van der Waals surface area contributed by atoms with Crippen LogP contribution in [-0.4, -0.2) is 15.1 Å². The van der Waals surface area contributed by atoms with E-state index in [9.17, 15) is 4.79 Å². The van der Waals surface area contributed by atoms with Crippen molar-refractivity contribution in [3.05, 3.63) is 25.8 Å². The number of nitrogens with zero attached hydrogens (tertiary/aromatic N) is 2. The lowest BCUT2D eigenvalue weighted by atomic mass is 10.9. The van der Waals surface area contributed by atoms with Gasteiger partial charge >= 0.3 is 17.6 Å². The molecule has 0 saturated heterocycles. The molecule has 0 spiro atoms. The molecule has 6 N–H and O–H groups in total. The van der Waals surface area contributed by atoms with Crippen LogP contribution in [0.1, 0.15) is 0 Å². The van der Waals surface area contributed by atoms with Crippen molar-refractivity contribution in [2.24, 2.45) is 0 Å². The molecule has 0 bridgehead atoms. The van der Waals surface area contributed by atoms with Crippen LogP contribution in [0.3, 0.4) is 0 Å². The van der Waals surface area contributed by atoms with Crippen molar-refractivity contribution in [1.82, 2.24) is 9.97 Å². The Bertz CT molecular complexity index is 319. The Kier molecular flexibility index (Phi) is 3.66. The second-order valence-corrected chi connectivity index (χ2v) is 1.69. The van der Waals surface area contributed by atoms with E-state index in [0.29, 0.717) is 0 Å². The molecule has 0 amide bonds. The molecule has 0 aliphatic rings. The molecular weight excluding hydrogens is 184 g/mol. The van der Waals surface area contributed by atoms with E-state index in [1.54, 1.807) is 0 Å². The lowest BCUT2D eigenvalue weighted by Crippen LogP contribution is -2.34. The highest BCUT2D eigenvalue weighted by molar-refractivity contribution is 5.17. The van der Waals surface area contributed by atoms with Crippen LogP contribution in [0.15, 0.2) is 4.79 Å². The second-order valence-electron chi connectivity index (χ2n) is 1.69. The maximum absolute atomic E-state index is 10.4. The first-order chi connectivity index (χ1) is 5.91. The van der Waals surface area contributed by atoms with Crippen molar-refractivity contribution < 1.29 is 10.1 Å². The molecule has 13 heavy (non-hydrogen) atoms. The molecule has 0 aliphatic heterocycles. The highest BCUT2D eigenvalue weighted by Gasteiger charge is 1.98. The minimum Gasteiger partial charge on any atom is -0.356 e. The van der Waals surface area contributed by atoms with E-state index in [1.807, 2.05) is 0 Å². The quantitative estimate of drug-likeness (QED) is 0.299. The van der Waals surface area contributed by atoms with Gasteiger partial charge in [-0.2, -0.15) is 0 Å². The zero-order chi connectivity index (χ0) is 10.4. The summed E-state index contributed by atoms with van der Waals surface area (Å²) in [4.78, 5) is 26.5. The highest BCUT2D eigenvalue weighted by atomic mass is 16.9. The summed E-state index contributed by atoms with van der Waals surface area (Å²) in [6.07, 6.45) is 0. The van der Waals surface area contributed by atoms with Gasteiger partial charge in [0.15, 0.2) is 0 Å². The van der Waals surface area contributed by atoms with Crippen LogP contribution < -0.4 is 22.1 Å². The molecule has 0 saturated carbocycles. The van der Waals surface area contributed by atoms with Crippen molar-refractivity contribution in [3.8, 4) is 0 Å². The first-order valence-electron chi connectivity index (χ1n) is 2.78. The Morgan fingerprint density at radius 1 is 1.46 bits per heavy atom. The van der Waals surface area contributed by atoms with Crippen LogP contribution in [0.4, 0.5) is 11.9 Å². The Morgan fingerprint density at radius 3 is 2.23 bits per heavy atom.